The van der Waals surface area contributed by atoms with E-state index in [2.05, 4.69) is 13.8 Å². The maximum Gasteiger partial charge on any atom is 0.339 e. The molecule has 3 nitrogen and oxygen atoms in total. The van der Waals surface area contributed by atoms with Crippen LogP contribution in [0.2, 0.25) is 0 Å². The van der Waals surface area contributed by atoms with Gasteiger partial charge in [-0.25, -0.2) is 4.79 Å². The van der Waals surface area contributed by atoms with Crippen molar-refractivity contribution < 1.29 is 9.53 Å². The molecule has 0 amide bonds. The normalized spacial score (nSPS) is 17.9. The Balaban J connectivity index is 2.39. The fourth-order valence-corrected chi connectivity index (χ4v) is 2.70. The maximum absolute atomic E-state index is 12.0. The summed E-state index contributed by atoms with van der Waals surface area (Å²) in [5.41, 5.74) is 4.02. The van der Waals surface area contributed by atoms with Gasteiger partial charge in [-0.05, 0) is 50.2 Å². The van der Waals surface area contributed by atoms with Gasteiger partial charge in [0.25, 0.3) is 0 Å². The molecule has 1 atom stereocenters. The lowest BCUT2D eigenvalue weighted by molar-refractivity contribution is 0.0524. The first-order valence-corrected chi connectivity index (χ1v) is 7.34. The Morgan fingerprint density at radius 1 is 1.47 bits per heavy atom. The van der Waals surface area contributed by atoms with Crippen molar-refractivity contribution in [2.24, 2.45) is 5.92 Å². The van der Waals surface area contributed by atoms with Crippen LogP contribution in [0.5, 0.6) is 0 Å². The zero-order chi connectivity index (χ0) is 13.8. The van der Waals surface area contributed by atoms with Crippen molar-refractivity contribution in [1.29, 1.82) is 0 Å². The minimum atomic E-state index is -0.223. The number of carbonyl (C=O) groups excluding carboxylic acids is 1. The van der Waals surface area contributed by atoms with Gasteiger partial charge in [0, 0.05) is 5.69 Å². The lowest BCUT2D eigenvalue weighted by Crippen LogP contribution is -2.18. The van der Waals surface area contributed by atoms with Gasteiger partial charge in [-0.3, -0.25) is 4.98 Å². The van der Waals surface area contributed by atoms with Crippen molar-refractivity contribution in [2.75, 3.05) is 6.61 Å². The number of hydrogen-bond acceptors (Lipinski definition) is 3. The molecule has 2 rings (SSSR count). The number of ether oxygens (including phenoxy) is 1. The molecule has 0 saturated heterocycles. The van der Waals surface area contributed by atoms with E-state index >= 15 is 0 Å². The Kier molecular flexibility index (Phi) is 4.56. The van der Waals surface area contributed by atoms with E-state index in [0.29, 0.717) is 18.1 Å². The molecule has 0 aromatic carbocycles. The van der Waals surface area contributed by atoms with E-state index in [9.17, 15) is 4.79 Å². The molecule has 1 aromatic heterocycles. The fourth-order valence-electron chi connectivity index (χ4n) is 2.70. The Morgan fingerprint density at radius 3 is 2.95 bits per heavy atom. The highest BCUT2D eigenvalue weighted by Gasteiger charge is 2.21. The van der Waals surface area contributed by atoms with E-state index in [0.717, 1.165) is 31.4 Å². The summed E-state index contributed by atoms with van der Waals surface area (Å²) in [7, 11) is 0. The second kappa shape index (κ2) is 6.18. The van der Waals surface area contributed by atoms with E-state index in [1.165, 1.54) is 17.7 Å². The second-order valence-electron chi connectivity index (χ2n) is 5.41. The average molecular weight is 261 g/mol. The van der Waals surface area contributed by atoms with E-state index in [4.69, 9.17) is 9.72 Å². The third-order valence-corrected chi connectivity index (χ3v) is 3.69. The van der Waals surface area contributed by atoms with Crippen LogP contribution in [0.25, 0.3) is 0 Å². The predicted molar refractivity (Wildman–Crippen MR) is 75.4 cm³/mol. The molecule has 0 bridgehead atoms. The van der Waals surface area contributed by atoms with Crippen molar-refractivity contribution in [1.82, 2.24) is 4.98 Å². The van der Waals surface area contributed by atoms with Crippen LogP contribution in [0.3, 0.4) is 0 Å². The third-order valence-electron chi connectivity index (χ3n) is 3.69. The van der Waals surface area contributed by atoms with Gasteiger partial charge in [0.2, 0.25) is 0 Å². The number of nitrogens with zero attached hydrogens (tertiary/aromatic N) is 1. The van der Waals surface area contributed by atoms with Crippen LogP contribution in [0.15, 0.2) is 6.07 Å². The van der Waals surface area contributed by atoms with E-state index < -0.39 is 0 Å². The number of fused-ring (bicyclic) bond motifs is 1. The highest BCUT2D eigenvalue weighted by atomic mass is 16.5. The number of carbonyl (C=O) groups is 1. The summed E-state index contributed by atoms with van der Waals surface area (Å²) in [5, 5.41) is 0. The molecular formula is C16H23NO2. The van der Waals surface area contributed by atoms with Crippen molar-refractivity contribution in [2.45, 2.75) is 52.9 Å². The summed E-state index contributed by atoms with van der Waals surface area (Å²) in [5.74, 6) is 0.459. The van der Waals surface area contributed by atoms with Crippen molar-refractivity contribution in [3.63, 3.8) is 0 Å². The van der Waals surface area contributed by atoms with Gasteiger partial charge >= 0.3 is 5.97 Å². The highest BCUT2D eigenvalue weighted by Crippen LogP contribution is 2.26. The number of rotatable bonds is 4. The average Bonchev–Trinajstić information content (AvgIpc) is 2.39. The first-order chi connectivity index (χ1) is 9.15. The molecule has 0 aliphatic heterocycles. The lowest BCUT2D eigenvalue weighted by atomic mass is 9.86. The first-order valence-electron chi connectivity index (χ1n) is 7.34. The molecule has 3 heteroatoms. The Hall–Kier alpha value is -1.38. The van der Waals surface area contributed by atoms with Gasteiger partial charge < -0.3 is 4.74 Å². The largest absolute Gasteiger partial charge is 0.462 e. The Bertz CT molecular complexity index is 468. The van der Waals surface area contributed by atoms with Crippen LogP contribution in [0, 0.1) is 5.92 Å². The monoisotopic (exact) mass is 261 g/mol. The van der Waals surface area contributed by atoms with Gasteiger partial charge in [0.05, 0.1) is 17.9 Å². The molecule has 1 aliphatic rings. The Labute approximate surface area is 115 Å². The topological polar surface area (TPSA) is 39.2 Å². The molecule has 1 heterocycles. The molecule has 1 aliphatic carbocycles. The zero-order valence-corrected chi connectivity index (χ0v) is 12.2. The molecule has 0 radical (unpaired) electrons. The van der Waals surface area contributed by atoms with Crippen LogP contribution in [0.1, 0.15) is 60.9 Å². The van der Waals surface area contributed by atoms with Crippen LogP contribution in [0.4, 0.5) is 0 Å². The number of hydrogen-bond donors (Lipinski definition) is 0. The minimum absolute atomic E-state index is 0.223. The highest BCUT2D eigenvalue weighted by molar-refractivity contribution is 5.91. The van der Waals surface area contributed by atoms with E-state index in [1.54, 1.807) is 0 Å². The smallest absolute Gasteiger partial charge is 0.339 e. The second-order valence-corrected chi connectivity index (χ2v) is 5.41. The van der Waals surface area contributed by atoms with Gasteiger partial charge in [-0.2, -0.15) is 0 Å². The summed E-state index contributed by atoms with van der Waals surface area (Å²) >= 11 is 0. The van der Waals surface area contributed by atoms with Gasteiger partial charge in [-0.1, -0.05) is 20.3 Å². The van der Waals surface area contributed by atoms with Crippen molar-refractivity contribution >= 4 is 5.97 Å². The van der Waals surface area contributed by atoms with Crippen LogP contribution in [-0.4, -0.2) is 17.6 Å². The minimum Gasteiger partial charge on any atom is -0.462 e. The number of aryl methyl sites for hydroxylation is 2. The lowest BCUT2D eigenvalue weighted by Gasteiger charge is -2.22. The molecule has 19 heavy (non-hydrogen) atoms. The van der Waals surface area contributed by atoms with Crippen molar-refractivity contribution in [3.8, 4) is 0 Å². The summed E-state index contributed by atoms with van der Waals surface area (Å²) < 4.78 is 5.15. The fraction of sp³-hybridized carbons (Fsp3) is 0.625. The summed E-state index contributed by atoms with van der Waals surface area (Å²) in [6, 6.07) is 2.03. The summed E-state index contributed by atoms with van der Waals surface area (Å²) in [6.45, 7) is 6.62. The molecule has 1 aromatic rings. The van der Waals surface area contributed by atoms with Crippen LogP contribution in [-0.2, 0) is 24.0 Å². The summed E-state index contributed by atoms with van der Waals surface area (Å²) in [4.78, 5) is 16.8. The standard InChI is InChI=1S/C16H23NO2/c1-4-6-15-13(16(18)19-5-2)10-12-9-11(3)7-8-14(12)17-15/h10-11H,4-9H2,1-3H3. The van der Waals surface area contributed by atoms with Gasteiger partial charge in [-0.15, -0.1) is 0 Å². The molecule has 0 fully saturated rings. The molecular weight excluding hydrogens is 238 g/mol. The predicted octanol–water partition coefficient (Wildman–Crippen LogP) is 3.34. The Morgan fingerprint density at radius 2 is 2.26 bits per heavy atom. The van der Waals surface area contributed by atoms with Gasteiger partial charge in [0.15, 0.2) is 0 Å². The number of aromatic nitrogens is 1. The third kappa shape index (κ3) is 3.14. The number of esters is 1. The van der Waals surface area contributed by atoms with Crippen LogP contribution < -0.4 is 0 Å². The van der Waals surface area contributed by atoms with Crippen molar-refractivity contribution in [3.05, 3.63) is 28.6 Å². The van der Waals surface area contributed by atoms with E-state index in [1.807, 2.05) is 13.0 Å². The van der Waals surface area contributed by atoms with Gasteiger partial charge in [0.1, 0.15) is 0 Å². The zero-order valence-electron chi connectivity index (χ0n) is 12.2. The molecule has 0 saturated carbocycles. The molecule has 104 valence electrons. The molecule has 1 unspecified atom stereocenters. The maximum atomic E-state index is 12.0. The quantitative estimate of drug-likeness (QED) is 0.780. The number of pyridine rings is 1. The van der Waals surface area contributed by atoms with E-state index in [-0.39, 0.29) is 5.97 Å². The molecule has 0 spiro atoms. The first kappa shape index (κ1) is 14.0. The molecule has 0 N–H and O–H groups in total. The van der Waals surface area contributed by atoms with Crippen LogP contribution >= 0.6 is 0 Å². The SMILES string of the molecule is CCCc1nc2c(cc1C(=O)OCC)CC(C)CC2. The summed E-state index contributed by atoms with van der Waals surface area (Å²) in [6.07, 6.45) is 5.10.